The van der Waals surface area contributed by atoms with E-state index in [1.54, 1.807) is 12.1 Å². The molecule has 3 nitrogen and oxygen atoms in total. The number of hydrogen-bond acceptors (Lipinski definition) is 3. The summed E-state index contributed by atoms with van der Waals surface area (Å²) in [5.41, 5.74) is 0.454. The van der Waals surface area contributed by atoms with Crippen LogP contribution < -0.4 is 5.19 Å². The molecule has 0 aliphatic rings. The summed E-state index contributed by atoms with van der Waals surface area (Å²) in [6.45, 7) is 5.84. The Hall–Kier alpha value is -1.00. The lowest BCUT2D eigenvalue weighted by atomic mass is 9.86. The molecular weight excluding hydrogens is 196 g/mol. The molecule has 76 valence electrons. The molecule has 0 spiro atoms. The van der Waals surface area contributed by atoms with Crippen molar-refractivity contribution >= 4 is 14.9 Å². The van der Waals surface area contributed by atoms with E-state index in [0.29, 0.717) is 10.8 Å². The van der Waals surface area contributed by atoms with Gasteiger partial charge < -0.3 is 15.0 Å². The molecular formula is C10H14O3Si. The molecule has 3 N–H and O–H groups in total. The van der Waals surface area contributed by atoms with Crippen molar-refractivity contribution in [1.29, 1.82) is 0 Å². The molecule has 1 aromatic carbocycles. The van der Waals surface area contributed by atoms with Crippen LogP contribution in [0.3, 0.4) is 0 Å². The van der Waals surface area contributed by atoms with E-state index in [2.05, 4.69) is 0 Å². The van der Waals surface area contributed by atoms with Crippen molar-refractivity contribution in [3.8, 4) is 11.5 Å². The molecule has 0 heterocycles. The van der Waals surface area contributed by atoms with Crippen LogP contribution in [0.15, 0.2) is 12.1 Å². The SMILES string of the molecule is CC(C)(C)c1ccc([Si]O)c(O)c1O. The van der Waals surface area contributed by atoms with Gasteiger partial charge in [0.1, 0.15) is 0 Å². The number of rotatable bonds is 1. The van der Waals surface area contributed by atoms with Crippen molar-refractivity contribution < 1.29 is 15.0 Å². The second kappa shape index (κ2) is 3.63. The van der Waals surface area contributed by atoms with Crippen molar-refractivity contribution in [1.82, 2.24) is 0 Å². The summed E-state index contributed by atoms with van der Waals surface area (Å²) in [4.78, 5) is 8.89. The van der Waals surface area contributed by atoms with Crippen LogP contribution in [0.5, 0.6) is 11.5 Å². The van der Waals surface area contributed by atoms with Crippen LogP contribution in [0.2, 0.25) is 0 Å². The zero-order valence-electron chi connectivity index (χ0n) is 8.50. The van der Waals surface area contributed by atoms with Gasteiger partial charge in [0.15, 0.2) is 11.5 Å². The van der Waals surface area contributed by atoms with Gasteiger partial charge in [-0.1, -0.05) is 32.9 Å². The fourth-order valence-electron chi connectivity index (χ4n) is 1.28. The summed E-state index contributed by atoms with van der Waals surface area (Å²) in [6.07, 6.45) is 0. The third-order valence-corrected chi connectivity index (χ3v) is 2.72. The van der Waals surface area contributed by atoms with E-state index in [4.69, 9.17) is 4.80 Å². The molecule has 0 aliphatic carbocycles. The van der Waals surface area contributed by atoms with Gasteiger partial charge in [0, 0.05) is 10.8 Å². The Morgan fingerprint density at radius 1 is 1.07 bits per heavy atom. The Morgan fingerprint density at radius 3 is 2.07 bits per heavy atom. The number of phenols is 2. The van der Waals surface area contributed by atoms with Crippen molar-refractivity contribution in [2.45, 2.75) is 26.2 Å². The van der Waals surface area contributed by atoms with Gasteiger partial charge in [-0.3, -0.25) is 0 Å². The van der Waals surface area contributed by atoms with Crippen LogP contribution in [0, 0.1) is 0 Å². The predicted molar refractivity (Wildman–Crippen MR) is 56.1 cm³/mol. The zero-order chi connectivity index (χ0) is 10.9. The second-order valence-electron chi connectivity index (χ2n) is 4.22. The summed E-state index contributed by atoms with van der Waals surface area (Å²) in [7, 11) is -0.505. The molecule has 0 bridgehead atoms. The molecule has 0 unspecified atom stereocenters. The average Bonchev–Trinajstić information content (AvgIpc) is 2.07. The minimum Gasteiger partial charge on any atom is -0.504 e. The summed E-state index contributed by atoms with van der Waals surface area (Å²) < 4.78 is 0. The fourth-order valence-corrected chi connectivity index (χ4v) is 1.66. The Kier molecular flexibility index (Phi) is 2.87. The summed E-state index contributed by atoms with van der Waals surface area (Å²) in [5, 5.41) is 19.6. The lowest BCUT2D eigenvalue weighted by Crippen LogP contribution is -2.18. The monoisotopic (exact) mass is 210 g/mol. The zero-order valence-corrected chi connectivity index (χ0v) is 9.50. The van der Waals surface area contributed by atoms with Crippen molar-refractivity contribution in [3.63, 3.8) is 0 Å². The van der Waals surface area contributed by atoms with Gasteiger partial charge in [-0.25, -0.2) is 0 Å². The molecule has 0 aliphatic heterocycles. The maximum absolute atomic E-state index is 9.69. The summed E-state index contributed by atoms with van der Waals surface area (Å²) in [6, 6.07) is 3.36. The van der Waals surface area contributed by atoms with Gasteiger partial charge in [-0.05, 0) is 5.41 Å². The Labute approximate surface area is 86.0 Å². The minimum absolute atomic E-state index is 0.128. The maximum atomic E-state index is 9.69. The number of aromatic hydroxyl groups is 2. The van der Waals surface area contributed by atoms with Gasteiger partial charge in [0.2, 0.25) is 0 Å². The molecule has 14 heavy (non-hydrogen) atoms. The van der Waals surface area contributed by atoms with E-state index in [0.717, 1.165) is 0 Å². The molecule has 2 radical (unpaired) electrons. The first-order valence-electron chi connectivity index (χ1n) is 4.33. The Balaban J connectivity index is 3.31. The number of hydrogen-bond donors (Lipinski definition) is 3. The number of benzene rings is 1. The van der Waals surface area contributed by atoms with Crippen LogP contribution >= 0.6 is 0 Å². The van der Waals surface area contributed by atoms with E-state index >= 15 is 0 Å². The Morgan fingerprint density at radius 2 is 1.64 bits per heavy atom. The predicted octanol–water partition coefficient (Wildman–Crippen LogP) is 0.632. The van der Waals surface area contributed by atoms with Crippen LogP contribution in [0.25, 0.3) is 0 Å². The maximum Gasteiger partial charge on any atom is 0.269 e. The molecule has 0 atom stereocenters. The molecule has 0 saturated heterocycles. The molecule has 4 heteroatoms. The standard InChI is InChI=1S/C10H14O3Si/c1-10(2,3)6-4-5-7(14-13)9(12)8(6)11/h4-5,11-13H,1-3H3. The quantitative estimate of drug-likeness (QED) is 0.471. The van der Waals surface area contributed by atoms with Crippen molar-refractivity contribution in [3.05, 3.63) is 17.7 Å². The van der Waals surface area contributed by atoms with Gasteiger partial charge in [0.05, 0.1) is 0 Å². The summed E-state index contributed by atoms with van der Waals surface area (Å²) in [5.74, 6) is -0.338. The topological polar surface area (TPSA) is 60.7 Å². The number of phenolic OH excluding ortho intramolecular Hbond substituents is 2. The lowest BCUT2D eigenvalue weighted by Gasteiger charge is -2.21. The van der Waals surface area contributed by atoms with E-state index in [1.807, 2.05) is 20.8 Å². The molecule has 1 aromatic rings. The van der Waals surface area contributed by atoms with Crippen LogP contribution in [0.4, 0.5) is 0 Å². The van der Waals surface area contributed by atoms with Crippen LogP contribution in [0.1, 0.15) is 26.3 Å². The highest BCUT2D eigenvalue weighted by Gasteiger charge is 2.21. The highest BCUT2D eigenvalue weighted by Crippen LogP contribution is 2.35. The van der Waals surface area contributed by atoms with Gasteiger partial charge >= 0.3 is 0 Å². The van der Waals surface area contributed by atoms with Crippen molar-refractivity contribution in [2.24, 2.45) is 0 Å². The second-order valence-corrected chi connectivity index (χ2v) is 4.98. The van der Waals surface area contributed by atoms with E-state index < -0.39 is 9.76 Å². The van der Waals surface area contributed by atoms with Gasteiger partial charge in [0.25, 0.3) is 9.76 Å². The van der Waals surface area contributed by atoms with E-state index in [1.165, 1.54) is 0 Å². The smallest absolute Gasteiger partial charge is 0.269 e. The molecule has 0 aromatic heterocycles. The van der Waals surface area contributed by atoms with Gasteiger partial charge in [-0.15, -0.1) is 0 Å². The minimum atomic E-state index is -0.505. The fraction of sp³-hybridized carbons (Fsp3) is 0.400. The van der Waals surface area contributed by atoms with Gasteiger partial charge in [-0.2, -0.15) is 0 Å². The van der Waals surface area contributed by atoms with Crippen LogP contribution in [-0.4, -0.2) is 24.8 Å². The third-order valence-electron chi connectivity index (χ3n) is 2.08. The van der Waals surface area contributed by atoms with Crippen molar-refractivity contribution in [2.75, 3.05) is 0 Å². The largest absolute Gasteiger partial charge is 0.504 e. The normalized spacial score (nSPS) is 11.7. The molecule has 0 amide bonds. The first-order valence-corrected chi connectivity index (χ1v) is 5.28. The Bertz CT molecular complexity index is 342. The molecule has 0 fully saturated rings. The molecule has 1 rings (SSSR count). The van der Waals surface area contributed by atoms with Crippen LogP contribution in [-0.2, 0) is 5.41 Å². The average molecular weight is 210 g/mol. The third kappa shape index (κ3) is 1.91. The lowest BCUT2D eigenvalue weighted by molar-refractivity contribution is 0.391. The van der Waals surface area contributed by atoms with E-state index in [9.17, 15) is 10.2 Å². The summed E-state index contributed by atoms with van der Waals surface area (Å²) >= 11 is 0. The highest BCUT2D eigenvalue weighted by atomic mass is 28.2. The molecule has 0 saturated carbocycles. The first-order chi connectivity index (χ1) is 6.38. The first kappa shape index (κ1) is 11.1. The van der Waals surface area contributed by atoms with E-state index in [-0.39, 0.29) is 16.9 Å². The highest BCUT2D eigenvalue weighted by molar-refractivity contribution is 6.47.